The number of nitrogens with zero attached hydrogens (tertiary/aromatic N) is 2. The van der Waals surface area contributed by atoms with E-state index in [2.05, 4.69) is 0 Å². The summed E-state index contributed by atoms with van der Waals surface area (Å²) in [6, 6.07) is 10.5. The van der Waals surface area contributed by atoms with Gasteiger partial charge in [-0.05, 0) is 55.5 Å². The van der Waals surface area contributed by atoms with E-state index >= 15 is 0 Å². The molecule has 2 aromatic carbocycles. The SMILES string of the molecule is CCOc1ccc(N2C(=O)CC(N(CC(OC)OC)C(=O)c3ccc(F)cc3)C2=O)cc1. The molecule has 1 unspecified atom stereocenters. The third-order valence-electron chi connectivity index (χ3n) is 5.13. The summed E-state index contributed by atoms with van der Waals surface area (Å²) in [4.78, 5) is 41.5. The highest BCUT2D eigenvalue weighted by atomic mass is 19.1. The van der Waals surface area contributed by atoms with Gasteiger partial charge in [0.25, 0.3) is 11.8 Å². The number of ether oxygens (including phenoxy) is 3. The van der Waals surface area contributed by atoms with Crippen LogP contribution < -0.4 is 9.64 Å². The smallest absolute Gasteiger partial charge is 0.257 e. The zero-order valence-electron chi connectivity index (χ0n) is 18.1. The summed E-state index contributed by atoms with van der Waals surface area (Å²) in [6.45, 7) is 2.25. The minimum Gasteiger partial charge on any atom is -0.494 e. The molecule has 0 N–H and O–H groups in total. The molecule has 3 amide bonds. The topological polar surface area (TPSA) is 85.4 Å². The number of methoxy groups -OCH3 is 2. The van der Waals surface area contributed by atoms with E-state index in [-0.39, 0.29) is 18.5 Å². The van der Waals surface area contributed by atoms with E-state index in [0.717, 1.165) is 17.0 Å². The third-order valence-corrected chi connectivity index (χ3v) is 5.13. The van der Waals surface area contributed by atoms with Gasteiger partial charge in [-0.2, -0.15) is 0 Å². The van der Waals surface area contributed by atoms with Crippen molar-refractivity contribution >= 4 is 23.4 Å². The van der Waals surface area contributed by atoms with Crippen molar-refractivity contribution < 1.29 is 33.0 Å². The molecule has 32 heavy (non-hydrogen) atoms. The highest BCUT2D eigenvalue weighted by Crippen LogP contribution is 2.28. The van der Waals surface area contributed by atoms with Gasteiger partial charge in [0, 0.05) is 19.8 Å². The van der Waals surface area contributed by atoms with Crippen molar-refractivity contribution in [3.05, 3.63) is 59.9 Å². The Hall–Kier alpha value is -3.30. The Bertz CT molecular complexity index is 959. The molecule has 8 nitrogen and oxygen atoms in total. The number of benzene rings is 2. The van der Waals surface area contributed by atoms with E-state index in [4.69, 9.17) is 14.2 Å². The van der Waals surface area contributed by atoms with E-state index in [1.165, 1.54) is 31.3 Å². The summed E-state index contributed by atoms with van der Waals surface area (Å²) < 4.78 is 29.1. The molecule has 0 aliphatic carbocycles. The first-order valence-corrected chi connectivity index (χ1v) is 10.1. The van der Waals surface area contributed by atoms with Gasteiger partial charge < -0.3 is 19.1 Å². The normalized spacial score (nSPS) is 16.0. The Morgan fingerprint density at radius 1 is 1.09 bits per heavy atom. The average Bonchev–Trinajstić information content (AvgIpc) is 3.09. The number of carbonyl (C=O) groups excluding carboxylic acids is 3. The zero-order chi connectivity index (χ0) is 23.3. The van der Waals surface area contributed by atoms with Gasteiger partial charge in [0.2, 0.25) is 5.91 Å². The molecule has 1 saturated heterocycles. The Balaban J connectivity index is 1.90. The number of amides is 3. The van der Waals surface area contributed by atoms with Gasteiger partial charge in [-0.3, -0.25) is 14.4 Å². The quantitative estimate of drug-likeness (QED) is 0.437. The molecule has 3 rings (SSSR count). The van der Waals surface area contributed by atoms with Crippen molar-refractivity contribution in [2.75, 3.05) is 32.3 Å². The van der Waals surface area contributed by atoms with Crippen molar-refractivity contribution in [3.8, 4) is 5.75 Å². The largest absolute Gasteiger partial charge is 0.494 e. The molecule has 1 aliphatic rings. The molecule has 1 fully saturated rings. The highest BCUT2D eigenvalue weighted by Gasteiger charge is 2.45. The average molecular weight is 444 g/mol. The molecular weight excluding hydrogens is 419 g/mol. The van der Waals surface area contributed by atoms with E-state index in [1.807, 2.05) is 6.92 Å². The first kappa shape index (κ1) is 23.4. The number of halogens is 1. The van der Waals surface area contributed by atoms with Gasteiger partial charge in [-0.25, -0.2) is 9.29 Å². The molecule has 1 aliphatic heterocycles. The third kappa shape index (κ3) is 4.95. The van der Waals surface area contributed by atoms with Gasteiger partial charge in [-0.1, -0.05) is 0 Å². The molecule has 0 spiro atoms. The second kappa shape index (κ2) is 10.3. The Morgan fingerprint density at radius 2 is 1.72 bits per heavy atom. The fourth-order valence-electron chi connectivity index (χ4n) is 3.50. The maximum absolute atomic E-state index is 13.3. The maximum Gasteiger partial charge on any atom is 0.257 e. The lowest BCUT2D eigenvalue weighted by Gasteiger charge is -2.30. The molecule has 0 bridgehead atoms. The molecule has 1 heterocycles. The van der Waals surface area contributed by atoms with Crippen LogP contribution in [0.25, 0.3) is 0 Å². The van der Waals surface area contributed by atoms with Crippen molar-refractivity contribution in [1.82, 2.24) is 4.90 Å². The second-order valence-corrected chi connectivity index (χ2v) is 7.08. The van der Waals surface area contributed by atoms with E-state index in [0.29, 0.717) is 18.0 Å². The maximum atomic E-state index is 13.3. The summed E-state index contributed by atoms with van der Waals surface area (Å²) in [5.74, 6) is -1.39. The summed E-state index contributed by atoms with van der Waals surface area (Å²) in [6.07, 6.45) is -1.01. The Labute approximate surface area is 185 Å². The van der Waals surface area contributed by atoms with Crippen LogP contribution in [0.5, 0.6) is 5.75 Å². The van der Waals surface area contributed by atoms with Crippen molar-refractivity contribution in [1.29, 1.82) is 0 Å². The van der Waals surface area contributed by atoms with Crippen LogP contribution in [0, 0.1) is 5.82 Å². The van der Waals surface area contributed by atoms with E-state index < -0.39 is 35.9 Å². The van der Waals surface area contributed by atoms with Crippen LogP contribution in [-0.2, 0) is 19.1 Å². The van der Waals surface area contributed by atoms with Crippen LogP contribution >= 0.6 is 0 Å². The first-order chi connectivity index (χ1) is 15.4. The lowest BCUT2D eigenvalue weighted by Crippen LogP contribution is -2.49. The van der Waals surface area contributed by atoms with Gasteiger partial charge >= 0.3 is 0 Å². The fraction of sp³-hybridized carbons (Fsp3) is 0.348. The monoisotopic (exact) mass is 444 g/mol. The van der Waals surface area contributed by atoms with Crippen LogP contribution in [0.15, 0.2) is 48.5 Å². The van der Waals surface area contributed by atoms with Crippen LogP contribution in [0.4, 0.5) is 10.1 Å². The molecule has 0 saturated carbocycles. The van der Waals surface area contributed by atoms with Gasteiger partial charge in [0.15, 0.2) is 6.29 Å². The van der Waals surface area contributed by atoms with Crippen LogP contribution in [0.3, 0.4) is 0 Å². The predicted octanol–water partition coefficient (Wildman–Crippen LogP) is 2.62. The lowest BCUT2D eigenvalue weighted by atomic mass is 10.1. The Kier molecular flexibility index (Phi) is 7.55. The molecule has 2 aromatic rings. The fourth-order valence-corrected chi connectivity index (χ4v) is 3.50. The minimum absolute atomic E-state index is 0.0932. The predicted molar refractivity (Wildman–Crippen MR) is 114 cm³/mol. The van der Waals surface area contributed by atoms with Crippen molar-refractivity contribution in [2.24, 2.45) is 0 Å². The van der Waals surface area contributed by atoms with Gasteiger partial charge in [-0.15, -0.1) is 0 Å². The summed E-state index contributed by atoms with van der Waals surface area (Å²) in [7, 11) is 2.81. The van der Waals surface area contributed by atoms with Crippen molar-refractivity contribution in [2.45, 2.75) is 25.7 Å². The number of hydrogen-bond acceptors (Lipinski definition) is 6. The lowest BCUT2D eigenvalue weighted by molar-refractivity contribution is -0.128. The zero-order valence-corrected chi connectivity index (χ0v) is 18.1. The number of imide groups is 1. The molecule has 170 valence electrons. The summed E-state index contributed by atoms with van der Waals surface area (Å²) in [5.41, 5.74) is 0.562. The Morgan fingerprint density at radius 3 is 2.28 bits per heavy atom. The molecule has 0 aromatic heterocycles. The highest BCUT2D eigenvalue weighted by molar-refractivity contribution is 6.23. The molecule has 0 radical (unpaired) electrons. The minimum atomic E-state index is -1.06. The second-order valence-electron chi connectivity index (χ2n) is 7.08. The number of hydrogen-bond donors (Lipinski definition) is 0. The summed E-state index contributed by atoms with van der Waals surface area (Å²) in [5, 5.41) is 0. The number of carbonyl (C=O) groups is 3. The summed E-state index contributed by atoms with van der Waals surface area (Å²) >= 11 is 0. The van der Waals surface area contributed by atoms with Crippen molar-refractivity contribution in [3.63, 3.8) is 0 Å². The van der Waals surface area contributed by atoms with E-state index in [1.54, 1.807) is 24.3 Å². The standard InChI is InChI=1S/C23H25FN2O6/c1-4-32-18-11-9-17(10-12-18)26-20(27)13-19(23(26)29)25(14-21(30-2)31-3)22(28)15-5-7-16(24)8-6-15/h5-12,19,21H,4,13-14H2,1-3H3. The van der Waals surface area contributed by atoms with Gasteiger partial charge in [0.05, 0.1) is 25.3 Å². The van der Waals surface area contributed by atoms with Gasteiger partial charge in [0.1, 0.15) is 17.6 Å². The molecular formula is C23H25FN2O6. The molecule has 1 atom stereocenters. The van der Waals surface area contributed by atoms with Crippen LogP contribution in [-0.4, -0.2) is 62.3 Å². The molecule has 9 heteroatoms. The van der Waals surface area contributed by atoms with Crippen LogP contribution in [0.1, 0.15) is 23.7 Å². The van der Waals surface area contributed by atoms with Crippen LogP contribution in [0.2, 0.25) is 0 Å². The first-order valence-electron chi connectivity index (χ1n) is 10.1. The number of anilines is 1. The number of rotatable bonds is 9. The van der Waals surface area contributed by atoms with E-state index in [9.17, 15) is 18.8 Å².